The molecule has 0 aliphatic carbocycles. The molecule has 0 bridgehead atoms. The Labute approximate surface area is 431 Å². The number of aromatic nitrogens is 1. The summed E-state index contributed by atoms with van der Waals surface area (Å²) in [4.78, 5) is 3.78. The van der Waals surface area contributed by atoms with Crippen molar-refractivity contribution < 1.29 is 17.3 Å². The number of hydrogen-bond acceptors (Lipinski definition) is 1. The zero-order valence-corrected chi connectivity index (χ0v) is 44.2. The van der Waals surface area contributed by atoms with E-state index in [1.807, 2.05) is 35.5 Å². The average molecular weight is 1070 g/mol. The predicted octanol–water partition coefficient (Wildman–Crippen LogP) is 13.3. The van der Waals surface area contributed by atoms with Crippen LogP contribution in [0.1, 0.15) is 0 Å². The van der Waals surface area contributed by atoms with Gasteiger partial charge < -0.3 is 5.73 Å². The molecule has 11 rings (SSSR count). The number of fused-ring (bicyclic) bond motifs is 2. The molecule has 10 aromatic carbocycles. The fraction of sp³-hybridized carbons (Fsp3) is 0.0317. The fourth-order valence-electron chi connectivity index (χ4n) is 9.04. The van der Waals surface area contributed by atoms with E-state index in [0.29, 0.717) is 6.54 Å². The minimum absolute atomic E-state index is 0.512. The van der Waals surface area contributed by atoms with E-state index < -0.39 is 23.8 Å². The number of benzene rings is 10. The first kappa shape index (κ1) is 50.4. The molecule has 70 heavy (non-hydrogen) atoms. The number of nitrogens with one attached hydrogen (secondary N) is 1. The predicted molar refractivity (Wildman–Crippen MR) is 312 cm³/mol. The molecule has 0 saturated heterocycles. The second-order valence-electron chi connectivity index (χ2n) is 16.4. The molecule has 0 unspecified atom stereocenters. The van der Waals surface area contributed by atoms with Gasteiger partial charge in [0, 0.05) is 29.7 Å². The maximum absolute atomic E-state index is 7.46. The van der Waals surface area contributed by atoms with Gasteiger partial charge in [0.15, 0.2) is 0 Å². The van der Waals surface area contributed by atoms with Gasteiger partial charge >= 0.3 is 27.0 Å². The molecule has 7 heteroatoms. The van der Waals surface area contributed by atoms with Crippen molar-refractivity contribution in [3.05, 3.63) is 291 Å². The largest absolute Gasteiger partial charge is 0.674 e. The van der Waals surface area contributed by atoms with Gasteiger partial charge in [0.25, 0.3) is 0 Å². The Balaban J connectivity index is 0.000000225. The molecule has 0 atom stereocenters. The quantitative estimate of drug-likeness (QED) is 0.0939. The Morgan fingerprint density at radius 2 is 0.614 bits per heavy atom. The van der Waals surface area contributed by atoms with E-state index in [1.165, 1.54) is 75.1 Å². The first-order valence-corrected chi connectivity index (χ1v) is 30.3. The minimum Gasteiger partial charge on any atom is -0.674 e. The molecule has 0 aliphatic rings. The van der Waals surface area contributed by atoms with Gasteiger partial charge in [0.2, 0.25) is 0 Å². The molecule has 2 nitrogen and oxygen atoms in total. The Bertz CT molecular complexity index is 2940. The summed E-state index contributed by atoms with van der Waals surface area (Å²) in [5.41, 5.74) is 10.2. The maximum Gasteiger partial charge on any atom is 0.111 e. The van der Waals surface area contributed by atoms with Gasteiger partial charge in [-0.1, -0.05) is 176 Å². The summed E-state index contributed by atoms with van der Waals surface area (Å²) in [6, 6.07) is 99.2. The summed E-state index contributed by atoms with van der Waals surface area (Å²) in [5, 5.41) is 16.4. The van der Waals surface area contributed by atoms with Gasteiger partial charge in [-0.2, -0.15) is 0 Å². The van der Waals surface area contributed by atoms with Gasteiger partial charge in [-0.05, 0) is 119 Å². The van der Waals surface area contributed by atoms with Crippen LogP contribution in [0.5, 0.6) is 0 Å². The Hall–Kier alpha value is -5.97. The third-order valence-corrected chi connectivity index (χ3v) is 20.4. The summed E-state index contributed by atoms with van der Waals surface area (Å²) in [6.07, 6.45) is 4.48. The van der Waals surface area contributed by atoms with Crippen molar-refractivity contribution in [3.8, 4) is 11.1 Å². The van der Waals surface area contributed by atoms with Crippen molar-refractivity contribution in [3.63, 3.8) is 0 Å². The molecule has 0 amide bonds. The maximum atomic E-state index is 7.46. The van der Waals surface area contributed by atoms with Crippen molar-refractivity contribution in [2.24, 2.45) is 0 Å². The number of halogens is 1. The van der Waals surface area contributed by atoms with Crippen molar-refractivity contribution in [2.45, 2.75) is 0 Å². The average Bonchev–Trinajstić information content (AvgIpc) is 3.45. The van der Waals surface area contributed by atoms with E-state index in [-0.39, 0.29) is 0 Å². The van der Waals surface area contributed by atoms with Crippen LogP contribution >= 0.6 is 33.5 Å². The number of nitrogens with zero attached hydrogens (tertiary/aromatic N) is 1. The van der Waals surface area contributed by atoms with E-state index in [0.717, 1.165) is 6.16 Å². The summed E-state index contributed by atoms with van der Waals surface area (Å²) >= 11 is 1.82. The minimum atomic E-state index is -1.37. The van der Waals surface area contributed by atoms with E-state index in [9.17, 15) is 0 Å². The van der Waals surface area contributed by atoms with Crippen LogP contribution in [0.15, 0.2) is 285 Å². The van der Waals surface area contributed by atoms with Crippen LogP contribution in [0.2, 0.25) is 0 Å². The molecule has 0 saturated carbocycles. The molecule has 0 fully saturated rings. The van der Waals surface area contributed by atoms with E-state index in [4.69, 9.17) is 5.73 Å². The topological polar surface area (TPSA) is 36.7 Å². The van der Waals surface area contributed by atoms with Crippen molar-refractivity contribution in [1.82, 2.24) is 4.98 Å². The molecular weight excluding hydrogens is 1010 g/mol. The number of pyridine rings is 1. The second-order valence-corrected chi connectivity index (χ2v) is 23.9. The molecular formula is C63H55ClN2P3Ru+3. The van der Waals surface area contributed by atoms with Crippen LogP contribution in [0.25, 0.3) is 38.4 Å². The normalized spacial score (nSPS) is 10.7. The van der Waals surface area contributed by atoms with Crippen LogP contribution in [0, 0.1) is 0 Å². The first-order valence-electron chi connectivity index (χ1n) is 23.4. The van der Waals surface area contributed by atoms with Gasteiger partial charge in [-0.3, -0.25) is 4.98 Å². The SMILES string of the molecule is [Cl][Ru+].[NH-]CC[PH+](c1ccccc1)c1ccccc1.c1ccc([PH+](c2ccccc2)c2ccc3ccccc3c2-c2c([PH+](c3ccccc3)c3ccccc3)ccc3ccccc23)cc1.c1ccncc1. The molecule has 0 spiro atoms. The van der Waals surface area contributed by atoms with E-state index in [2.05, 4.69) is 269 Å². The van der Waals surface area contributed by atoms with Crippen LogP contribution in [0.3, 0.4) is 0 Å². The summed E-state index contributed by atoms with van der Waals surface area (Å²) in [6.45, 7) is 0.512. The van der Waals surface area contributed by atoms with Gasteiger partial charge in [0.1, 0.15) is 31.8 Å². The molecule has 11 aromatic rings. The zero-order valence-electron chi connectivity index (χ0n) is 38.7. The number of hydrogen-bond donors (Lipinski definition) is 0. The standard InChI is InChI=1S/C44H32P2.C14H15NP.C5H5N.ClH.Ru/c1-5-19-35(20-6-1)45(36-21-7-2-8-22-36)41-31-29-33-17-13-15-27-39(33)43(41)44-40-28-16-14-18-34(40)30-32-42(44)46(37-23-9-3-10-24-37)38-25-11-4-12-26-38;15-11-12-16(13-7-3-1-4-8-13)14-9-5-2-6-10-14;1-2-4-6-5-3-1;;/h1-32H;1-10,15H,11-12H2;1-5H;1H;/q;-1;;;+2/p+2. The van der Waals surface area contributed by atoms with Gasteiger partial charge in [-0.25, -0.2) is 0 Å². The fourth-order valence-corrected chi connectivity index (χ4v) is 16.9. The van der Waals surface area contributed by atoms with Crippen molar-refractivity contribution in [1.29, 1.82) is 0 Å². The molecule has 344 valence electrons. The molecule has 1 heterocycles. The summed E-state index contributed by atoms with van der Waals surface area (Å²) < 4.78 is 0. The Morgan fingerprint density at radius 3 is 0.900 bits per heavy atom. The molecule has 0 radical (unpaired) electrons. The van der Waals surface area contributed by atoms with Crippen molar-refractivity contribution in [2.75, 3.05) is 12.7 Å². The van der Waals surface area contributed by atoms with E-state index >= 15 is 0 Å². The van der Waals surface area contributed by atoms with E-state index in [1.54, 1.807) is 12.4 Å². The van der Waals surface area contributed by atoms with Crippen LogP contribution in [-0.4, -0.2) is 17.7 Å². The summed E-state index contributed by atoms with van der Waals surface area (Å²) in [5.74, 6) is 0. The summed E-state index contributed by atoms with van der Waals surface area (Å²) in [7, 11) is 1.09. The third kappa shape index (κ3) is 12.7. The van der Waals surface area contributed by atoms with Crippen LogP contribution in [-0.2, 0) is 17.3 Å². The second kappa shape index (κ2) is 26.9. The first-order chi connectivity index (χ1) is 34.8. The third-order valence-electron chi connectivity index (χ3n) is 12.1. The monoisotopic (exact) mass is 1070 g/mol. The van der Waals surface area contributed by atoms with Gasteiger partial charge in [0.05, 0.1) is 34.4 Å². The van der Waals surface area contributed by atoms with Crippen LogP contribution < -0.4 is 42.4 Å². The van der Waals surface area contributed by atoms with Gasteiger partial charge in [-0.15, -0.1) is 6.54 Å². The Kier molecular flexibility index (Phi) is 19.3. The smallest absolute Gasteiger partial charge is 0.111 e. The zero-order chi connectivity index (χ0) is 48.2. The Morgan fingerprint density at radius 1 is 0.329 bits per heavy atom. The molecule has 1 N–H and O–H groups in total. The number of rotatable bonds is 11. The molecule has 0 aliphatic heterocycles. The van der Waals surface area contributed by atoms with Crippen molar-refractivity contribution >= 4 is 97.4 Å². The van der Waals surface area contributed by atoms with Crippen LogP contribution in [0.4, 0.5) is 0 Å². The molecule has 1 aromatic heterocycles.